The average molecular weight is 438 g/mol. The van der Waals surface area contributed by atoms with Crippen LogP contribution in [0, 0.1) is 13.8 Å². The fourth-order valence-electron chi connectivity index (χ4n) is 2.15. The number of sulfonamides is 1. The maximum Gasteiger partial charge on any atom is 0.242 e. The minimum absolute atomic E-state index is 0.176. The lowest BCUT2D eigenvalue weighted by molar-refractivity contribution is 0.391. The summed E-state index contributed by atoms with van der Waals surface area (Å²) < 4.78 is 34.0. The molecule has 1 unspecified atom stereocenters. The van der Waals surface area contributed by atoms with E-state index < -0.39 is 16.1 Å². The number of rotatable bonds is 4. The minimum atomic E-state index is -3.67. The van der Waals surface area contributed by atoms with Crippen molar-refractivity contribution in [2.75, 3.05) is 0 Å². The summed E-state index contributed by atoms with van der Waals surface area (Å²) in [7, 11) is -3.67. The van der Waals surface area contributed by atoms with Gasteiger partial charge in [0.2, 0.25) is 10.0 Å². The minimum Gasteiger partial charge on any atom is -0.361 e. The highest BCUT2D eigenvalue weighted by molar-refractivity contribution is 9.11. The van der Waals surface area contributed by atoms with Gasteiger partial charge in [-0.05, 0) is 54.9 Å². The van der Waals surface area contributed by atoms with Gasteiger partial charge in [-0.2, -0.15) is 0 Å². The number of aryl methyl sites for hydroxylation is 2. The third-order valence-corrected chi connectivity index (χ3v) is 6.06. The van der Waals surface area contributed by atoms with Crippen LogP contribution in [0.15, 0.2) is 36.6 Å². The molecule has 1 heterocycles. The van der Waals surface area contributed by atoms with E-state index in [4.69, 9.17) is 4.52 Å². The van der Waals surface area contributed by atoms with Gasteiger partial charge < -0.3 is 4.52 Å². The quantitative estimate of drug-likeness (QED) is 0.788. The Kier molecular flexibility index (Phi) is 4.92. The van der Waals surface area contributed by atoms with E-state index in [2.05, 4.69) is 41.7 Å². The van der Waals surface area contributed by atoms with Gasteiger partial charge in [-0.3, -0.25) is 0 Å². The SMILES string of the molecule is Cc1noc(C)c1C(C)NS(=O)(=O)c1cc(Br)ccc1Br. The second-order valence-corrected chi connectivity index (χ2v) is 8.11. The van der Waals surface area contributed by atoms with Crippen molar-refractivity contribution < 1.29 is 12.9 Å². The van der Waals surface area contributed by atoms with E-state index in [9.17, 15) is 8.42 Å². The Morgan fingerprint density at radius 3 is 2.52 bits per heavy atom. The van der Waals surface area contributed by atoms with E-state index in [-0.39, 0.29) is 4.90 Å². The summed E-state index contributed by atoms with van der Waals surface area (Å²) >= 11 is 6.54. The molecule has 0 saturated carbocycles. The summed E-state index contributed by atoms with van der Waals surface area (Å²) in [5.74, 6) is 0.607. The van der Waals surface area contributed by atoms with Gasteiger partial charge in [0, 0.05) is 20.6 Å². The normalized spacial score (nSPS) is 13.4. The van der Waals surface area contributed by atoms with Crippen molar-refractivity contribution in [1.29, 1.82) is 0 Å². The lowest BCUT2D eigenvalue weighted by atomic mass is 10.1. The Morgan fingerprint density at radius 2 is 1.95 bits per heavy atom. The number of hydrogen-bond donors (Lipinski definition) is 1. The molecule has 1 N–H and O–H groups in total. The van der Waals surface area contributed by atoms with Gasteiger partial charge in [0.1, 0.15) is 5.76 Å². The van der Waals surface area contributed by atoms with Crippen molar-refractivity contribution in [3.63, 3.8) is 0 Å². The van der Waals surface area contributed by atoms with Gasteiger partial charge in [-0.25, -0.2) is 13.1 Å². The van der Waals surface area contributed by atoms with Gasteiger partial charge in [-0.1, -0.05) is 21.1 Å². The summed E-state index contributed by atoms with van der Waals surface area (Å²) in [4.78, 5) is 0.176. The van der Waals surface area contributed by atoms with Crippen LogP contribution in [-0.4, -0.2) is 13.6 Å². The molecule has 0 fully saturated rings. The highest BCUT2D eigenvalue weighted by Gasteiger charge is 2.24. The van der Waals surface area contributed by atoms with Gasteiger partial charge in [0.25, 0.3) is 0 Å². The first kappa shape index (κ1) is 16.7. The summed E-state index contributed by atoms with van der Waals surface area (Å²) in [5, 5.41) is 3.85. The Bertz CT molecular complexity index is 752. The highest BCUT2D eigenvalue weighted by Crippen LogP contribution is 2.28. The lowest BCUT2D eigenvalue weighted by Crippen LogP contribution is -2.27. The third-order valence-electron chi connectivity index (χ3n) is 3.04. The summed E-state index contributed by atoms with van der Waals surface area (Å²) in [6.45, 7) is 5.30. The van der Waals surface area contributed by atoms with Crippen LogP contribution in [0.4, 0.5) is 0 Å². The van der Waals surface area contributed by atoms with E-state index in [0.717, 1.165) is 5.56 Å². The molecule has 0 spiro atoms. The Balaban J connectivity index is 2.36. The Hall–Kier alpha value is -0.700. The van der Waals surface area contributed by atoms with E-state index in [1.54, 1.807) is 39.0 Å². The number of benzene rings is 1. The fraction of sp³-hybridized carbons (Fsp3) is 0.308. The molecule has 8 heteroatoms. The Morgan fingerprint density at radius 1 is 1.29 bits per heavy atom. The van der Waals surface area contributed by atoms with E-state index in [1.807, 2.05) is 0 Å². The van der Waals surface area contributed by atoms with Crippen LogP contribution >= 0.6 is 31.9 Å². The number of halogens is 2. The number of aromatic nitrogens is 1. The van der Waals surface area contributed by atoms with Crippen LogP contribution in [0.25, 0.3) is 0 Å². The Labute approximate surface area is 140 Å². The predicted molar refractivity (Wildman–Crippen MR) is 86.6 cm³/mol. The average Bonchev–Trinajstić information content (AvgIpc) is 2.71. The molecule has 2 aromatic rings. The van der Waals surface area contributed by atoms with Crippen LogP contribution in [0.3, 0.4) is 0 Å². The van der Waals surface area contributed by atoms with Crippen LogP contribution in [0.2, 0.25) is 0 Å². The highest BCUT2D eigenvalue weighted by atomic mass is 79.9. The molecular weight excluding hydrogens is 424 g/mol. The number of hydrogen-bond acceptors (Lipinski definition) is 4. The molecule has 1 aromatic carbocycles. The maximum absolute atomic E-state index is 12.5. The lowest BCUT2D eigenvalue weighted by Gasteiger charge is -2.15. The zero-order chi connectivity index (χ0) is 15.8. The monoisotopic (exact) mass is 436 g/mol. The fourth-order valence-corrected chi connectivity index (χ4v) is 4.86. The molecule has 21 heavy (non-hydrogen) atoms. The number of nitrogens with zero attached hydrogens (tertiary/aromatic N) is 1. The summed E-state index contributed by atoms with van der Waals surface area (Å²) in [5.41, 5.74) is 1.43. The summed E-state index contributed by atoms with van der Waals surface area (Å²) in [6.07, 6.45) is 0. The van der Waals surface area contributed by atoms with Crippen molar-refractivity contribution in [2.24, 2.45) is 0 Å². The van der Waals surface area contributed by atoms with E-state index in [0.29, 0.717) is 20.4 Å². The molecule has 114 valence electrons. The second-order valence-electron chi connectivity index (χ2n) is 4.66. The molecule has 1 atom stereocenters. The molecule has 0 saturated heterocycles. The topological polar surface area (TPSA) is 72.2 Å². The van der Waals surface area contributed by atoms with E-state index >= 15 is 0 Å². The molecule has 2 rings (SSSR count). The van der Waals surface area contributed by atoms with Gasteiger partial charge in [-0.15, -0.1) is 0 Å². The first-order valence-electron chi connectivity index (χ1n) is 6.12. The summed E-state index contributed by atoms with van der Waals surface area (Å²) in [6, 6.07) is 4.55. The van der Waals surface area contributed by atoms with Gasteiger partial charge in [0.05, 0.1) is 10.6 Å². The maximum atomic E-state index is 12.5. The molecule has 0 radical (unpaired) electrons. The molecule has 0 bridgehead atoms. The molecule has 0 aliphatic heterocycles. The van der Waals surface area contributed by atoms with Crippen LogP contribution < -0.4 is 4.72 Å². The van der Waals surface area contributed by atoms with Gasteiger partial charge >= 0.3 is 0 Å². The van der Waals surface area contributed by atoms with Gasteiger partial charge in [0.15, 0.2) is 0 Å². The zero-order valence-electron chi connectivity index (χ0n) is 11.6. The van der Waals surface area contributed by atoms with Crippen molar-refractivity contribution >= 4 is 41.9 Å². The largest absolute Gasteiger partial charge is 0.361 e. The molecular formula is C13H14Br2N2O3S. The van der Waals surface area contributed by atoms with Crippen molar-refractivity contribution in [3.05, 3.63) is 44.2 Å². The standard InChI is InChI=1S/C13H14Br2N2O3S/c1-7-13(9(3)20-16-7)8(2)17-21(18,19)12-6-10(14)4-5-11(12)15/h4-6,8,17H,1-3H3. The third kappa shape index (κ3) is 3.56. The number of nitrogens with one attached hydrogen (secondary N) is 1. The first-order valence-corrected chi connectivity index (χ1v) is 9.19. The molecule has 5 nitrogen and oxygen atoms in total. The smallest absolute Gasteiger partial charge is 0.242 e. The van der Waals surface area contributed by atoms with E-state index in [1.165, 1.54) is 0 Å². The van der Waals surface area contributed by atoms with Crippen LogP contribution in [-0.2, 0) is 10.0 Å². The predicted octanol–water partition coefficient (Wildman–Crippen LogP) is 3.86. The second kappa shape index (κ2) is 6.20. The molecule has 0 aliphatic carbocycles. The van der Waals surface area contributed by atoms with Crippen LogP contribution in [0.1, 0.15) is 30.0 Å². The van der Waals surface area contributed by atoms with Crippen molar-refractivity contribution in [1.82, 2.24) is 9.88 Å². The zero-order valence-corrected chi connectivity index (χ0v) is 15.6. The van der Waals surface area contributed by atoms with Crippen molar-refractivity contribution in [3.8, 4) is 0 Å². The molecule has 0 aliphatic rings. The van der Waals surface area contributed by atoms with Crippen molar-refractivity contribution in [2.45, 2.75) is 31.7 Å². The first-order chi connectivity index (χ1) is 9.72. The van der Waals surface area contributed by atoms with Crippen LogP contribution in [0.5, 0.6) is 0 Å². The molecule has 0 amide bonds. The molecule has 1 aromatic heterocycles.